The molecule has 0 spiro atoms. The summed E-state index contributed by atoms with van der Waals surface area (Å²) in [5.41, 5.74) is 11.7. The number of primary amides is 1. The second-order valence-corrected chi connectivity index (χ2v) is 5.30. The van der Waals surface area contributed by atoms with E-state index in [1.54, 1.807) is 25.1 Å². The summed E-state index contributed by atoms with van der Waals surface area (Å²) in [4.78, 5) is 23.1. The Labute approximate surface area is 112 Å². The maximum absolute atomic E-state index is 12.0. The number of hydrogen-bond acceptors (Lipinski definition) is 3. The Kier molecular flexibility index (Phi) is 3.57. The lowest BCUT2D eigenvalue weighted by atomic mass is 9.96. The van der Waals surface area contributed by atoms with Gasteiger partial charge in [0.25, 0.3) is 0 Å². The van der Waals surface area contributed by atoms with Crippen molar-refractivity contribution in [2.24, 2.45) is 17.4 Å². The smallest absolute Gasteiger partial charge is 0.248 e. The van der Waals surface area contributed by atoms with Crippen LogP contribution in [-0.4, -0.2) is 17.4 Å². The first-order valence-corrected chi connectivity index (χ1v) is 6.37. The standard InChI is InChI=1S/C14H19N3O2/c1-14(16,11-5-6-11)13(19)17-8-9-3-2-4-10(7-9)12(15)18/h2-4,7,11H,5-6,8,16H2,1H3,(H2,15,18)(H,17,19). The first kappa shape index (κ1) is 13.5. The Morgan fingerprint density at radius 3 is 2.68 bits per heavy atom. The molecule has 1 saturated carbocycles. The zero-order valence-corrected chi connectivity index (χ0v) is 11.0. The van der Waals surface area contributed by atoms with Crippen molar-refractivity contribution in [3.63, 3.8) is 0 Å². The third kappa shape index (κ3) is 3.12. The molecule has 1 aromatic carbocycles. The summed E-state index contributed by atoms with van der Waals surface area (Å²) in [6, 6.07) is 6.89. The zero-order valence-electron chi connectivity index (χ0n) is 11.0. The van der Waals surface area contributed by atoms with Gasteiger partial charge in [-0.15, -0.1) is 0 Å². The highest BCUT2D eigenvalue weighted by Gasteiger charge is 2.43. The molecule has 0 radical (unpaired) electrons. The van der Waals surface area contributed by atoms with Gasteiger partial charge in [0.1, 0.15) is 0 Å². The van der Waals surface area contributed by atoms with Crippen LogP contribution in [0.1, 0.15) is 35.7 Å². The van der Waals surface area contributed by atoms with Gasteiger partial charge < -0.3 is 16.8 Å². The summed E-state index contributed by atoms with van der Waals surface area (Å²) < 4.78 is 0. The van der Waals surface area contributed by atoms with Gasteiger partial charge in [-0.25, -0.2) is 0 Å². The zero-order chi connectivity index (χ0) is 14.0. The van der Waals surface area contributed by atoms with Crippen LogP contribution >= 0.6 is 0 Å². The van der Waals surface area contributed by atoms with Gasteiger partial charge in [0.05, 0.1) is 5.54 Å². The van der Waals surface area contributed by atoms with Crippen LogP contribution in [0.4, 0.5) is 0 Å². The third-order valence-electron chi connectivity index (χ3n) is 3.58. The van der Waals surface area contributed by atoms with E-state index in [1.807, 2.05) is 6.07 Å². The van der Waals surface area contributed by atoms with Crippen molar-refractivity contribution < 1.29 is 9.59 Å². The first-order valence-electron chi connectivity index (χ1n) is 6.37. The Morgan fingerprint density at radius 1 is 1.42 bits per heavy atom. The second kappa shape index (κ2) is 5.01. The van der Waals surface area contributed by atoms with E-state index in [1.165, 1.54) is 0 Å². The Balaban J connectivity index is 1.97. The summed E-state index contributed by atoms with van der Waals surface area (Å²) in [5, 5.41) is 2.81. The van der Waals surface area contributed by atoms with Crippen LogP contribution in [-0.2, 0) is 11.3 Å². The molecule has 1 unspecified atom stereocenters. The van der Waals surface area contributed by atoms with Crippen LogP contribution in [0.3, 0.4) is 0 Å². The SMILES string of the molecule is CC(N)(C(=O)NCc1cccc(C(N)=O)c1)C1CC1. The minimum Gasteiger partial charge on any atom is -0.366 e. The minimum absolute atomic E-state index is 0.153. The summed E-state index contributed by atoms with van der Waals surface area (Å²) in [6.07, 6.45) is 2.02. The highest BCUT2D eigenvalue weighted by Crippen LogP contribution is 2.38. The summed E-state index contributed by atoms with van der Waals surface area (Å²) in [5.74, 6) is -0.348. The molecule has 5 nitrogen and oxygen atoms in total. The highest BCUT2D eigenvalue weighted by molar-refractivity contribution is 5.93. The van der Waals surface area contributed by atoms with E-state index in [9.17, 15) is 9.59 Å². The summed E-state index contributed by atoms with van der Waals surface area (Å²) >= 11 is 0. The number of nitrogens with one attached hydrogen (secondary N) is 1. The first-order chi connectivity index (χ1) is 8.91. The third-order valence-corrected chi connectivity index (χ3v) is 3.58. The molecule has 1 aliphatic rings. The number of nitrogens with two attached hydrogens (primary N) is 2. The molecular formula is C14H19N3O2. The lowest BCUT2D eigenvalue weighted by molar-refractivity contribution is -0.126. The molecule has 0 saturated heterocycles. The Bertz CT molecular complexity index is 507. The molecule has 5 heteroatoms. The van der Waals surface area contributed by atoms with Crippen molar-refractivity contribution >= 4 is 11.8 Å². The molecule has 1 fully saturated rings. The van der Waals surface area contributed by atoms with Crippen molar-refractivity contribution in [2.45, 2.75) is 31.8 Å². The molecule has 0 bridgehead atoms. The molecule has 5 N–H and O–H groups in total. The number of benzene rings is 1. The van der Waals surface area contributed by atoms with E-state index in [4.69, 9.17) is 11.5 Å². The van der Waals surface area contributed by atoms with E-state index in [2.05, 4.69) is 5.32 Å². The van der Waals surface area contributed by atoms with Crippen LogP contribution < -0.4 is 16.8 Å². The molecule has 1 aromatic rings. The van der Waals surface area contributed by atoms with Gasteiger partial charge in [0, 0.05) is 12.1 Å². The second-order valence-electron chi connectivity index (χ2n) is 5.30. The molecule has 102 valence electrons. The van der Waals surface area contributed by atoms with Crippen LogP contribution in [0.5, 0.6) is 0 Å². The molecule has 2 rings (SSSR count). The number of carbonyl (C=O) groups excluding carboxylic acids is 2. The average Bonchev–Trinajstić information content (AvgIpc) is 3.20. The Hall–Kier alpha value is -1.88. The van der Waals surface area contributed by atoms with E-state index in [0.717, 1.165) is 18.4 Å². The molecule has 0 heterocycles. The van der Waals surface area contributed by atoms with Crippen LogP contribution in [0.2, 0.25) is 0 Å². The molecule has 19 heavy (non-hydrogen) atoms. The lowest BCUT2D eigenvalue weighted by Crippen LogP contribution is -2.53. The van der Waals surface area contributed by atoms with Crippen LogP contribution in [0.25, 0.3) is 0 Å². The maximum Gasteiger partial charge on any atom is 0.248 e. The molecular weight excluding hydrogens is 242 g/mol. The fourth-order valence-corrected chi connectivity index (χ4v) is 2.08. The summed E-state index contributed by atoms with van der Waals surface area (Å²) in [6.45, 7) is 2.11. The van der Waals surface area contributed by atoms with E-state index in [0.29, 0.717) is 12.1 Å². The van der Waals surface area contributed by atoms with Gasteiger partial charge in [-0.05, 0) is 43.4 Å². The molecule has 0 aliphatic heterocycles. The van der Waals surface area contributed by atoms with Crippen LogP contribution in [0.15, 0.2) is 24.3 Å². The number of hydrogen-bond donors (Lipinski definition) is 3. The topological polar surface area (TPSA) is 98.2 Å². The Morgan fingerprint density at radius 2 is 2.11 bits per heavy atom. The van der Waals surface area contributed by atoms with Crippen molar-refractivity contribution in [3.8, 4) is 0 Å². The van der Waals surface area contributed by atoms with Gasteiger partial charge in [-0.1, -0.05) is 12.1 Å². The predicted octanol–water partition coefficient (Wildman–Crippen LogP) is 0.529. The lowest BCUT2D eigenvalue weighted by Gasteiger charge is -2.23. The normalized spacial score (nSPS) is 17.6. The monoisotopic (exact) mass is 261 g/mol. The molecule has 1 atom stereocenters. The van der Waals surface area contributed by atoms with Gasteiger partial charge >= 0.3 is 0 Å². The number of amides is 2. The minimum atomic E-state index is -0.804. The molecule has 0 aromatic heterocycles. The quantitative estimate of drug-likeness (QED) is 0.721. The fraction of sp³-hybridized carbons (Fsp3) is 0.429. The van der Waals surface area contributed by atoms with Crippen molar-refractivity contribution in [1.29, 1.82) is 0 Å². The van der Waals surface area contributed by atoms with Gasteiger partial charge in [-0.3, -0.25) is 9.59 Å². The number of carbonyl (C=O) groups is 2. The number of rotatable bonds is 5. The molecule has 1 aliphatic carbocycles. The average molecular weight is 261 g/mol. The van der Waals surface area contributed by atoms with Gasteiger partial charge in [0.2, 0.25) is 11.8 Å². The van der Waals surface area contributed by atoms with Gasteiger partial charge in [-0.2, -0.15) is 0 Å². The highest BCUT2D eigenvalue weighted by atomic mass is 16.2. The van der Waals surface area contributed by atoms with E-state index in [-0.39, 0.29) is 11.8 Å². The molecule has 2 amide bonds. The maximum atomic E-state index is 12.0. The largest absolute Gasteiger partial charge is 0.366 e. The predicted molar refractivity (Wildman–Crippen MR) is 72.1 cm³/mol. The van der Waals surface area contributed by atoms with Crippen molar-refractivity contribution in [2.75, 3.05) is 0 Å². The van der Waals surface area contributed by atoms with E-state index < -0.39 is 11.4 Å². The van der Waals surface area contributed by atoms with Crippen molar-refractivity contribution in [3.05, 3.63) is 35.4 Å². The van der Waals surface area contributed by atoms with Crippen molar-refractivity contribution in [1.82, 2.24) is 5.32 Å². The van der Waals surface area contributed by atoms with Crippen LogP contribution in [0, 0.1) is 5.92 Å². The fourth-order valence-electron chi connectivity index (χ4n) is 2.08. The van der Waals surface area contributed by atoms with Gasteiger partial charge in [0.15, 0.2) is 0 Å². The van der Waals surface area contributed by atoms with E-state index >= 15 is 0 Å². The summed E-state index contributed by atoms with van der Waals surface area (Å²) in [7, 11) is 0.